The molecule has 0 unspecified atom stereocenters. The van der Waals surface area contributed by atoms with Crippen LogP contribution < -0.4 is 5.32 Å². The molecule has 5 heteroatoms. The predicted molar refractivity (Wildman–Crippen MR) is 123 cm³/mol. The van der Waals surface area contributed by atoms with Gasteiger partial charge in [0.25, 0.3) is 5.91 Å². The summed E-state index contributed by atoms with van der Waals surface area (Å²) in [4.78, 5) is 30.2. The van der Waals surface area contributed by atoms with E-state index in [-0.39, 0.29) is 23.4 Å². The second-order valence-electron chi connectivity index (χ2n) is 9.33. The molecule has 2 aliphatic rings. The Hall–Kier alpha value is -2.66. The first-order valence-electron chi connectivity index (χ1n) is 11.2. The molecule has 0 saturated carbocycles. The van der Waals surface area contributed by atoms with Crippen LogP contribution >= 0.6 is 0 Å². The van der Waals surface area contributed by atoms with Gasteiger partial charge in [0.1, 0.15) is 0 Å². The molecule has 5 nitrogen and oxygen atoms in total. The fourth-order valence-electron chi connectivity index (χ4n) is 5.64. The number of benzene rings is 2. The molecule has 0 aromatic heterocycles. The summed E-state index contributed by atoms with van der Waals surface area (Å²) < 4.78 is 0. The summed E-state index contributed by atoms with van der Waals surface area (Å²) in [6.45, 7) is 4.38. The number of aryl methyl sites for hydroxylation is 2. The molecular weight excluding hydrogens is 386 g/mol. The van der Waals surface area contributed by atoms with Gasteiger partial charge in [-0.1, -0.05) is 48.5 Å². The van der Waals surface area contributed by atoms with Crippen molar-refractivity contribution >= 4 is 11.8 Å². The topological polar surface area (TPSA) is 52.7 Å². The molecule has 2 aliphatic heterocycles. The van der Waals surface area contributed by atoms with Gasteiger partial charge in [0.15, 0.2) is 0 Å². The Morgan fingerprint density at radius 3 is 2.23 bits per heavy atom. The van der Waals surface area contributed by atoms with E-state index in [0.717, 1.165) is 47.9 Å². The quantitative estimate of drug-likeness (QED) is 0.774. The third-order valence-electron chi connectivity index (χ3n) is 7.29. The van der Waals surface area contributed by atoms with Gasteiger partial charge in [0.2, 0.25) is 5.91 Å². The number of fused-ring (bicyclic) bond motifs is 2. The van der Waals surface area contributed by atoms with E-state index in [1.54, 1.807) is 4.90 Å². The van der Waals surface area contributed by atoms with Crippen LogP contribution in [0.25, 0.3) is 0 Å². The number of amides is 2. The van der Waals surface area contributed by atoms with Crippen molar-refractivity contribution in [2.75, 3.05) is 20.6 Å². The Kier molecular flexibility index (Phi) is 5.89. The van der Waals surface area contributed by atoms with Crippen LogP contribution in [-0.4, -0.2) is 53.8 Å². The summed E-state index contributed by atoms with van der Waals surface area (Å²) in [5.41, 5.74) is 3.59. The number of rotatable bonds is 6. The minimum absolute atomic E-state index is 0.0342. The smallest absolute Gasteiger partial charge is 0.252 e. The molecule has 1 atom stereocenters. The third-order valence-corrected chi connectivity index (χ3v) is 7.29. The van der Waals surface area contributed by atoms with Crippen LogP contribution in [-0.2, 0) is 4.79 Å². The van der Waals surface area contributed by atoms with Crippen molar-refractivity contribution < 1.29 is 9.59 Å². The lowest BCUT2D eigenvalue weighted by molar-refractivity contribution is -0.131. The summed E-state index contributed by atoms with van der Waals surface area (Å²) in [6.07, 6.45) is 4.13. The number of carbonyl (C=O) groups is 2. The number of likely N-dealkylation sites (N-methyl/N-ethyl adjacent to an activating group) is 1. The average Bonchev–Trinajstić information content (AvgIpc) is 3.27. The van der Waals surface area contributed by atoms with Gasteiger partial charge in [-0.05, 0) is 56.2 Å². The van der Waals surface area contributed by atoms with Crippen molar-refractivity contribution in [3.8, 4) is 0 Å². The van der Waals surface area contributed by atoms with E-state index in [4.69, 9.17) is 0 Å². The summed E-state index contributed by atoms with van der Waals surface area (Å²) in [5, 5.41) is 3.42. The first-order chi connectivity index (χ1) is 14.8. The highest BCUT2D eigenvalue weighted by Gasteiger charge is 2.56. The number of nitrogens with one attached hydrogen (secondary N) is 1. The molecule has 0 aliphatic carbocycles. The molecule has 2 fully saturated rings. The Morgan fingerprint density at radius 2 is 1.65 bits per heavy atom. The summed E-state index contributed by atoms with van der Waals surface area (Å²) in [5.74, 6) is 0.0825. The van der Waals surface area contributed by atoms with Crippen molar-refractivity contribution in [3.63, 3.8) is 0 Å². The monoisotopic (exact) mass is 419 g/mol. The van der Waals surface area contributed by atoms with Crippen molar-refractivity contribution in [2.45, 2.75) is 57.2 Å². The largest absolute Gasteiger partial charge is 0.348 e. The standard InChI is InChI=1S/C26H33N3O2/c1-18-9-8-10-19(2)23(18)25(31)27-24(20-11-6-5-7-12-20)26-15-13-21(14-16-26)29(26)17-22(30)28(3)4/h5-12,21,24H,13-17H2,1-4H3,(H,27,31)/t21?,24-,26?/m1/s1. The highest BCUT2D eigenvalue weighted by atomic mass is 16.2. The summed E-state index contributed by atoms with van der Waals surface area (Å²) >= 11 is 0. The molecule has 2 aromatic rings. The lowest BCUT2D eigenvalue weighted by atomic mass is 9.78. The molecule has 2 bridgehead atoms. The van der Waals surface area contributed by atoms with E-state index in [9.17, 15) is 9.59 Å². The van der Waals surface area contributed by atoms with Gasteiger partial charge in [-0.25, -0.2) is 0 Å². The molecule has 1 N–H and O–H groups in total. The Labute approximate surface area is 185 Å². The lowest BCUT2D eigenvalue weighted by Gasteiger charge is -2.42. The number of nitrogens with zero attached hydrogens (tertiary/aromatic N) is 2. The maximum Gasteiger partial charge on any atom is 0.252 e. The van der Waals surface area contributed by atoms with E-state index < -0.39 is 0 Å². The fraction of sp³-hybridized carbons (Fsp3) is 0.462. The summed E-state index contributed by atoms with van der Waals surface area (Å²) in [6, 6.07) is 16.5. The van der Waals surface area contributed by atoms with E-state index in [0.29, 0.717) is 12.6 Å². The number of hydrogen-bond acceptors (Lipinski definition) is 3. The van der Waals surface area contributed by atoms with Crippen LogP contribution in [0.1, 0.15) is 58.8 Å². The zero-order chi connectivity index (χ0) is 22.2. The zero-order valence-electron chi connectivity index (χ0n) is 19.0. The third kappa shape index (κ3) is 3.87. The van der Waals surface area contributed by atoms with Crippen LogP contribution in [0.5, 0.6) is 0 Å². The van der Waals surface area contributed by atoms with Crippen molar-refractivity contribution in [1.29, 1.82) is 0 Å². The van der Waals surface area contributed by atoms with Crippen LogP contribution in [0.15, 0.2) is 48.5 Å². The molecule has 0 spiro atoms. The minimum atomic E-state index is -0.232. The second kappa shape index (κ2) is 8.46. The number of carbonyl (C=O) groups excluding carboxylic acids is 2. The van der Waals surface area contributed by atoms with Crippen molar-refractivity contribution in [2.24, 2.45) is 0 Å². The molecule has 2 amide bonds. The highest BCUT2D eigenvalue weighted by Crippen LogP contribution is 2.52. The lowest BCUT2D eigenvalue weighted by Crippen LogP contribution is -2.54. The van der Waals surface area contributed by atoms with Gasteiger partial charge < -0.3 is 10.2 Å². The fourth-order valence-corrected chi connectivity index (χ4v) is 5.64. The SMILES string of the molecule is Cc1cccc(C)c1C(=O)N[C@H](c1ccccc1)C12CCC(CC1)N2CC(=O)N(C)C. The first-order valence-corrected chi connectivity index (χ1v) is 11.2. The highest BCUT2D eigenvalue weighted by molar-refractivity contribution is 5.97. The van der Waals surface area contributed by atoms with Gasteiger partial charge >= 0.3 is 0 Å². The van der Waals surface area contributed by atoms with E-state index >= 15 is 0 Å². The number of hydrogen-bond donors (Lipinski definition) is 1. The van der Waals surface area contributed by atoms with Crippen molar-refractivity contribution in [1.82, 2.24) is 15.1 Å². The van der Waals surface area contributed by atoms with Gasteiger partial charge in [0.05, 0.1) is 12.6 Å². The average molecular weight is 420 g/mol. The maximum absolute atomic E-state index is 13.5. The molecule has 2 aromatic carbocycles. The van der Waals surface area contributed by atoms with Crippen LogP contribution in [0.3, 0.4) is 0 Å². The molecular formula is C26H33N3O2. The Morgan fingerprint density at radius 1 is 1.03 bits per heavy atom. The van der Waals surface area contributed by atoms with Gasteiger partial charge in [-0.3, -0.25) is 14.5 Å². The van der Waals surface area contributed by atoms with Gasteiger partial charge in [0, 0.05) is 31.2 Å². The molecule has 0 radical (unpaired) electrons. The molecule has 2 saturated heterocycles. The van der Waals surface area contributed by atoms with Gasteiger partial charge in [-0.15, -0.1) is 0 Å². The van der Waals surface area contributed by atoms with Crippen molar-refractivity contribution in [3.05, 3.63) is 70.8 Å². The zero-order valence-corrected chi connectivity index (χ0v) is 19.0. The Bertz CT molecular complexity index is 942. The van der Waals surface area contributed by atoms with Crippen LogP contribution in [0.4, 0.5) is 0 Å². The van der Waals surface area contributed by atoms with Gasteiger partial charge in [-0.2, -0.15) is 0 Å². The Balaban J connectivity index is 1.72. The minimum Gasteiger partial charge on any atom is -0.348 e. The molecule has 31 heavy (non-hydrogen) atoms. The van der Waals surface area contributed by atoms with E-state index in [1.807, 2.05) is 64.3 Å². The molecule has 164 valence electrons. The normalized spacial score (nSPS) is 23.5. The summed E-state index contributed by atoms with van der Waals surface area (Å²) in [7, 11) is 3.62. The maximum atomic E-state index is 13.5. The molecule has 4 rings (SSSR count). The first kappa shape index (κ1) is 21.6. The van der Waals surface area contributed by atoms with Crippen LogP contribution in [0.2, 0.25) is 0 Å². The van der Waals surface area contributed by atoms with E-state index in [1.165, 1.54) is 0 Å². The van der Waals surface area contributed by atoms with Crippen LogP contribution in [0, 0.1) is 13.8 Å². The predicted octanol–water partition coefficient (Wildman–Crippen LogP) is 3.86. The van der Waals surface area contributed by atoms with E-state index in [2.05, 4.69) is 22.3 Å². The molecule has 2 heterocycles. The second-order valence-corrected chi connectivity index (χ2v) is 9.33.